The summed E-state index contributed by atoms with van der Waals surface area (Å²) in [5, 5.41) is 0. The van der Waals surface area contributed by atoms with E-state index in [1.165, 1.54) is 44.5 Å². The first-order chi connectivity index (χ1) is 68.9. The highest BCUT2D eigenvalue weighted by atomic mass is 15.2. The van der Waals surface area contributed by atoms with E-state index in [-0.39, 0.29) is 0 Å². The minimum absolute atomic E-state index is 1.08. The van der Waals surface area contributed by atoms with Crippen molar-refractivity contribution in [3.8, 4) is 66.8 Å². The van der Waals surface area contributed by atoms with Crippen LogP contribution in [-0.2, 0) is 0 Å². The molecule has 22 rings (SSSR count). The molecule has 0 saturated carbocycles. The Morgan fingerprint density at radius 3 is 0.187 bits per heavy atom. The maximum Gasteiger partial charge on any atom is 0.0462 e. The molecular formula is C132H99N7. The largest absolute Gasteiger partial charge is 0.311 e. The van der Waals surface area contributed by atoms with Gasteiger partial charge in [-0.15, -0.1) is 0 Å². The molecule has 0 amide bonds. The highest BCUT2D eigenvalue weighted by Crippen LogP contribution is 2.46. The van der Waals surface area contributed by atoms with Crippen LogP contribution in [0, 0.1) is 0 Å². The Morgan fingerprint density at radius 2 is 0.115 bits per heavy atom. The molecule has 22 aromatic carbocycles. The molecule has 0 aliphatic carbocycles. The van der Waals surface area contributed by atoms with Gasteiger partial charge in [-0.2, -0.15) is 0 Å². The number of para-hydroxylation sites is 11. The van der Waals surface area contributed by atoms with E-state index in [1.54, 1.807) is 0 Å². The number of hydrogen-bond acceptors (Lipinski definition) is 7. The molecule has 0 aliphatic rings. The zero-order chi connectivity index (χ0) is 93.1. The average Bonchev–Trinajstić information content (AvgIpc) is 0.816. The number of nitrogens with zero attached hydrogens (tertiary/aromatic N) is 7. The van der Waals surface area contributed by atoms with Crippen molar-refractivity contribution in [2.24, 2.45) is 0 Å². The van der Waals surface area contributed by atoms with E-state index in [0.717, 1.165) is 142 Å². The summed E-state index contributed by atoms with van der Waals surface area (Å²) in [6.07, 6.45) is 0. The number of hydrogen-bond donors (Lipinski definition) is 0. The molecule has 0 aromatic heterocycles. The van der Waals surface area contributed by atoms with Crippen LogP contribution < -0.4 is 34.3 Å². The maximum absolute atomic E-state index is 2.32. The second kappa shape index (κ2) is 41.7. The molecule has 0 radical (unpaired) electrons. The standard InChI is InChI=1S/C78H58N4.C54H41N3/c1-7-19-67(20-8-1)79(68-21-9-2-10-22-68)73-47-35-61(36-48-73)59-31-33-60(34-32-59)62-37-51-75(52-38-62)81(71-27-15-5-16-28-71)76-55-43-65(44-56-76)66-45-57-78(58-46-66)82(72-29-17-6-18-30-72)77-53-41-64(42-54-77)63-39-49-74(50-40-63)80(69-23-11-3-12-24-69)70-25-13-4-14-26-70;1-6-16-46(17-7-1)55(47-18-8-2-9-19-47)51-34-26-42(27-35-51)44-30-38-53(39-31-44)57(50-24-14-5-15-25-50)54-40-32-45(33-41-54)43-28-36-52(37-29-43)56(48-20-10-3-11-21-48)49-22-12-4-13-23-49/h1-58H;1-41H. The Kier molecular flexibility index (Phi) is 26.1. The topological polar surface area (TPSA) is 22.7 Å². The zero-order valence-corrected chi connectivity index (χ0v) is 76.8. The number of anilines is 21. The Morgan fingerprint density at radius 1 is 0.0576 bits per heavy atom. The molecule has 22 aromatic rings. The van der Waals surface area contributed by atoms with Crippen molar-refractivity contribution in [1.29, 1.82) is 0 Å². The van der Waals surface area contributed by atoms with Gasteiger partial charge >= 0.3 is 0 Å². The lowest BCUT2D eigenvalue weighted by Crippen LogP contribution is -2.10. The summed E-state index contributed by atoms with van der Waals surface area (Å²) in [4.78, 5) is 16.1. The van der Waals surface area contributed by atoms with Crippen LogP contribution in [0.3, 0.4) is 0 Å². The molecule has 662 valence electrons. The molecular weight excluding hydrogens is 1680 g/mol. The Labute approximate surface area is 815 Å². The first kappa shape index (κ1) is 87.1. The molecule has 0 aliphatic heterocycles. The Hall–Kier alpha value is -18.6. The summed E-state index contributed by atoms with van der Waals surface area (Å²) in [6, 6.07) is 214. The molecule has 0 bridgehead atoms. The lowest BCUT2D eigenvalue weighted by molar-refractivity contribution is 1.28. The fourth-order valence-corrected chi connectivity index (χ4v) is 18.4. The van der Waals surface area contributed by atoms with Crippen LogP contribution in [0.15, 0.2) is 601 Å². The first-order valence-corrected chi connectivity index (χ1v) is 47.2. The quantitative estimate of drug-likeness (QED) is 0.0505. The summed E-state index contributed by atoms with van der Waals surface area (Å²) < 4.78 is 0. The predicted molar refractivity (Wildman–Crippen MR) is 588 cm³/mol. The molecule has 0 spiro atoms. The van der Waals surface area contributed by atoms with Crippen molar-refractivity contribution >= 4 is 119 Å². The SMILES string of the molecule is c1ccc(N(c2ccccc2)c2ccc(-c3ccc(-c4ccc(N(c5ccccc5)c5ccc(-c6ccc(N(c7ccccc7)c7ccc(-c8ccc(N(c9ccccc9)c9ccccc9)cc8)cc7)cc6)cc5)cc4)cc3)cc2)cc1.c1ccc(N(c2ccccc2)c2ccc(-c3ccc(N(c4ccccc4)c4ccc(-c5ccc(N(c6ccccc6)c6ccccc6)cc5)cc4)cc3)cc2)cc1. The van der Waals surface area contributed by atoms with Crippen LogP contribution in [-0.4, -0.2) is 0 Å². The number of rotatable bonds is 27. The second-order valence-electron chi connectivity index (χ2n) is 34.1. The van der Waals surface area contributed by atoms with Gasteiger partial charge in [0, 0.05) is 119 Å². The van der Waals surface area contributed by atoms with E-state index in [9.17, 15) is 0 Å². The van der Waals surface area contributed by atoms with E-state index < -0.39 is 0 Å². The van der Waals surface area contributed by atoms with Crippen LogP contribution in [0.1, 0.15) is 0 Å². The maximum atomic E-state index is 2.32. The van der Waals surface area contributed by atoms with E-state index in [4.69, 9.17) is 0 Å². The Bertz CT molecular complexity index is 7300. The van der Waals surface area contributed by atoms with E-state index in [0.29, 0.717) is 0 Å². The van der Waals surface area contributed by atoms with Gasteiger partial charge in [0.15, 0.2) is 0 Å². The molecule has 0 unspecified atom stereocenters. The van der Waals surface area contributed by atoms with Crippen molar-refractivity contribution in [1.82, 2.24) is 0 Å². The minimum Gasteiger partial charge on any atom is -0.311 e. The van der Waals surface area contributed by atoms with Crippen LogP contribution in [0.2, 0.25) is 0 Å². The highest BCUT2D eigenvalue weighted by molar-refractivity contribution is 5.89. The van der Waals surface area contributed by atoms with Crippen LogP contribution in [0.25, 0.3) is 66.8 Å². The summed E-state index contributed by atoms with van der Waals surface area (Å²) in [6.45, 7) is 0. The molecule has 0 heterocycles. The van der Waals surface area contributed by atoms with Gasteiger partial charge in [-0.3, -0.25) is 0 Å². The van der Waals surface area contributed by atoms with Gasteiger partial charge < -0.3 is 34.3 Å². The Balaban J connectivity index is 0.000000176. The smallest absolute Gasteiger partial charge is 0.0462 e. The van der Waals surface area contributed by atoms with Gasteiger partial charge in [0.1, 0.15) is 0 Å². The normalized spacial score (nSPS) is 10.9. The van der Waals surface area contributed by atoms with Gasteiger partial charge in [-0.25, -0.2) is 0 Å². The highest BCUT2D eigenvalue weighted by Gasteiger charge is 2.22. The fourth-order valence-electron chi connectivity index (χ4n) is 18.4. The summed E-state index contributed by atoms with van der Waals surface area (Å²) >= 11 is 0. The summed E-state index contributed by atoms with van der Waals surface area (Å²) in [7, 11) is 0. The van der Waals surface area contributed by atoms with Gasteiger partial charge in [-0.1, -0.05) is 346 Å². The lowest BCUT2D eigenvalue weighted by atomic mass is 9.99. The third-order valence-electron chi connectivity index (χ3n) is 25.3. The molecule has 139 heavy (non-hydrogen) atoms. The van der Waals surface area contributed by atoms with Gasteiger partial charge in [-0.05, 0) is 322 Å². The van der Waals surface area contributed by atoms with Crippen molar-refractivity contribution in [2.75, 3.05) is 34.3 Å². The van der Waals surface area contributed by atoms with Gasteiger partial charge in [0.2, 0.25) is 0 Å². The summed E-state index contributed by atoms with van der Waals surface area (Å²) in [5.74, 6) is 0. The van der Waals surface area contributed by atoms with Crippen LogP contribution >= 0.6 is 0 Å². The first-order valence-electron chi connectivity index (χ1n) is 47.2. The lowest BCUT2D eigenvalue weighted by Gasteiger charge is -2.26. The van der Waals surface area contributed by atoms with Crippen molar-refractivity contribution in [2.45, 2.75) is 0 Å². The molecule has 0 atom stereocenters. The third-order valence-corrected chi connectivity index (χ3v) is 25.3. The minimum atomic E-state index is 1.08. The third kappa shape index (κ3) is 19.9. The fraction of sp³-hybridized carbons (Fsp3) is 0. The van der Waals surface area contributed by atoms with Gasteiger partial charge in [0.05, 0.1) is 0 Å². The van der Waals surface area contributed by atoms with Crippen molar-refractivity contribution < 1.29 is 0 Å². The van der Waals surface area contributed by atoms with E-state index in [2.05, 4.69) is 635 Å². The molecule has 7 heteroatoms. The second-order valence-corrected chi connectivity index (χ2v) is 34.1. The van der Waals surface area contributed by atoms with E-state index in [1.807, 2.05) is 0 Å². The number of benzene rings is 22. The van der Waals surface area contributed by atoms with Crippen molar-refractivity contribution in [3.63, 3.8) is 0 Å². The van der Waals surface area contributed by atoms with Gasteiger partial charge in [0.25, 0.3) is 0 Å². The average molecular weight is 1780 g/mol. The van der Waals surface area contributed by atoms with Crippen LogP contribution in [0.5, 0.6) is 0 Å². The summed E-state index contributed by atoms with van der Waals surface area (Å²) in [5.41, 5.74) is 37.3. The molecule has 0 N–H and O–H groups in total. The van der Waals surface area contributed by atoms with Crippen molar-refractivity contribution in [3.05, 3.63) is 601 Å². The van der Waals surface area contributed by atoms with E-state index >= 15 is 0 Å². The predicted octanol–water partition coefficient (Wildman–Crippen LogP) is 37.7. The monoisotopic (exact) mass is 1780 g/mol. The zero-order valence-electron chi connectivity index (χ0n) is 76.8. The molecule has 0 saturated heterocycles. The molecule has 7 nitrogen and oxygen atoms in total. The van der Waals surface area contributed by atoms with Crippen LogP contribution in [0.4, 0.5) is 119 Å². The molecule has 0 fully saturated rings.